The van der Waals surface area contributed by atoms with E-state index in [1.54, 1.807) is 36.1 Å². The predicted molar refractivity (Wildman–Crippen MR) is 122 cm³/mol. The number of nitrogens with zero attached hydrogens (tertiary/aromatic N) is 4. The minimum absolute atomic E-state index is 0.126. The maximum Gasteiger partial charge on any atom is 0.272 e. The first-order valence-corrected chi connectivity index (χ1v) is 10.9. The van der Waals surface area contributed by atoms with Crippen molar-refractivity contribution in [3.63, 3.8) is 0 Å². The predicted octanol–water partition coefficient (Wildman–Crippen LogP) is 2.75. The summed E-state index contributed by atoms with van der Waals surface area (Å²) < 4.78 is 25.4. The van der Waals surface area contributed by atoms with Gasteiger partial charge in [-0.2, -0.15) is 0 Å². The number of carbonyl (C=O) groups is 2. The van der Waals surface area contributed by atoms with Crippen molar-refractivity contribution in [2.24, 2.45) is 0 Å². The summed E-state index contributed by atoms with van der Waals surface area (Å²) in [5.74, 6) is -0.687. The molecule has 0 aliphatic carbocycles. The second kappa shape index (κ2) is 9.01. The van der Waals surface area contributed by atoms with Crippen molar-refractivity contribution in [1.82, 2.24) is 25.2 Å². The molecule has 4 aromatic rings. The number of fused-ring (bicyclic) bond motifs is 1. The Morgan fingerprint density at radius 3 is 2.31 bits per heavy atom. The molecule has 1 N–H and O–H groups in total. The number of H-pyrrole nitrogens is 1. The average Bonchev–Trinajstić information content (AvgIpc) is 3.32. The van der Waals surface area contributed by atoms with Crippen LogP contribution in [0.5, 0.6) is 11.6 Å². The van der Waals surface area contributed by atoms with Crippen LogP contribution in [-0.2, 0) is 0 Å². The number of halogens is 1. The van der Waals surface area contributed by atoms with Gasteiger partial charge >= 0.3 is 0 Å². The number of hydrogen-bond donors (Lipinski definition) is 1. The Labute approximate surface area is 197 Å². The number of carbonyl (C=O) groups excluding carboxylic acids is 2. The number of aryl methyl sites for hydroxylation is 1. The molecule has 178 valence electrons. The van der Waals surface area contributed by atoms with E-state index in [9.17, 15) is 18.8 Å². The summed E-state index contributed by atoms with van der Waals surface area (Å²) in [4.78, 5) is 40.8. The third-order valence-corrected chi connectivity index (χ3v) is 5.88. The van der Waals surface area contributed by atoms with Crippen molar-refractivity contribution in [3.8, 4) is 11.6 Å². The smallest absolute Gasteiger partial charge is 0.272 e. The highest BCUT2D eigenvalue weighted by atomic mass is 19.1. The van der Waals surface area contributed by atoms with Gasteiger partial charge in [0.2, 0.25) is 5.88 Å². The van der Waals surface area contributed by atoms with Gasteiger partial charge in [-0.15, -0.1) is 5.10 Å². The number of piperazine rings is 1. The highest BCUT2D eigenvalue weighted by Crippen LogP contribution is 2.27. The second-order valence-electron chi connectivity index (χ2n) is 8.03. The third kappa shape index (κ3) is 4.23. The first kappa shape index (κ1) is 22.3. The molecule has 0 spiro atoms. The molecule has 2 aromatic heterocycles. The zero-order valence-corrected chi connectivity index (χ0v) is 18.7. The maximum absolute atomic E-state index is 14.6. The Hall–Kier alpha value is -4.54. The highest BCUT2D eigenvalue weighted by molar-refractivity contribution is 5.96. The van der Waals surface area contributed by atoms with E-state index in [1.165, 1.54) is 23.2 Å². The molecule has 1 saturated heterocycles. The fourth-order valence-electron chi connectivity index (χ4n) is 3.97. The number of benzene rings is 2. The van der Waals surface area contributed by atoms with E-state index in [0.717, 1.165) is 6.07 Å². The lowest BCUT2D eigenvalue weighted by molar-refractivity contribution is 0.0531. The number of aromatic nitrogens is 3. The number of amides is 2. The van der Waals surface area contributed by atoms with E-state index in [0.29, 0.717) is 35.2 Å². The van der Waals surface area contributed by atoms with Gasteiger partial charge < -0.3 is 19.1 Å². The molecule has 0 radical (unpaired) electrons. The van der Waals surface area contributed by atoms with Gasteiger partial charge in [0.1, 0.15) is 22.9 Å². The van der Waals surface area contributed by atoms with Crippen LogP contribution in [0.25, 0.3) is 10.8 Å². The molecule has 1 aliphatic heterocycles. The fraction of sp³-hybridized carbons (Fsp3) is 0.208. The van der Waals surface area contributed by atoms with Crippen molar-refractivity contribution >= 4 is 22.6 Å². The molecule has 0 unspecified atom stereocenters. The van der Waals surface area contributed by atoms with Gasteiger partial charge in [0.25, 0.3) is 17.4 Å². The van der Waals surface area contributed by atoms with E-state index >= 15 is 0 Å². The van der Waals surface area contributed by atoms with E-state index in [2.05, 4.69) is 15.4 Å². The molecule has 0 saturated carbocycles. The standard InChI is InChI=1S/C24H20FN5O5/c1-14-19(13-26-35-14)24(33)30-10-8-29(9-11-30)23(32)18-12-15(6-7-20(18)25)34-22-17-5-3-2-4-16(17)21(31)27-28-22/h2-7,12-13H,8-11H2,1H3,(H,27,31). The minimum atomic E-state index is -0.694. The van der Waals surface area contributed by atoms with Crippen LogP contribution in [0, 0.1) is 12.7 Å². The van der Waals surface area contributed by atoms with Gasteiger partial charge in [0, 0.05) is 26.2 Å². The Kier molecular flexibility index (Phi) is 5.73. The van der Waals surface area contributed by atoms with Crippen LogP contribution in [0.3, 0.4) is 0 Å². The first-order chi connectivity index (χ1) is 16.9. The summed E-state index contributed by atoms with van der Waals surface area (Å²) in [6.07, 6.45) is 1.37. The van der Waals surface area contributed by atoms with Gasteiger partial charge in [-0.05, 0) is 37.3 Å². The Balaban J connectivity index is 1.32. The summed E-state index contributed by atoms with van der Waals surface area (Å²) in [7, 11) is 0. The van der Waals surface area contributed by atoms with Crippen molar-refractivity contribution in [3.05, 3.63) is 81.7 Å². The Morgan fingerprint density at radius 1 is 1.00 bits per heavy atom. The lowest BCUT2D eigenvalue weighted by atomic mass is 10.1. The topological polar surface area (TPSA) is 122 Å². The Bertz CT molecular complexity index is 1490. The minimum Gasteiger partial charge on any atom is -0.437 e. The van der Waals surface area contributed by atoms with Gasteiger partial charge in [-0.1, -0.05) is 17.3 Å². The maximum atomic E-state index is 14.6. The van der Waals surface area contributed by atoms with Crippen LogP contribution in [-0.4, -0.2) is 63.1 Å². The van der Waals surface area contributed by atoms with Gasteiger partial charge in [0.05, 0.1) is 22.5 Å². The fourth-order valence-corrected chi connectivity index (χ4v) is 3.97. The lowest BCUT2D eigenvalue weighted by Crippen LogP contribution is -2.50. The zero-order valence-electron chi connectivity index (χ0n) is 18.7. The number of nitrogens with one attached hydrogen (secondary N) is 1. The highest BCUT2D eigenvalue weighted by Gasteiger charge is 2.28. The summed E-state index contributed by atoms with van der Waals surface area (Å²) in [6, 6.07) is 10.6. The number of ether oxygens (including phenoxy) is 1. The zero-order chi connectivity index (χ0) is 24.5. The van der Waals surface area contributed by atoms with Crippen LogP contribution in [0.1, 0.15) is 26.5 Å². The van der Waals surface area contributed by atoms with Crippen molar-refractivity contribution in [2.75, 3.05) is 26.2 Å². The molecule has 1 fully saturated rings. The summed E-state index contributed by atoms with van der Waals surface area (Å²) >= 11 is 0. The van der Waals surface area contributed by atoms with Crippen LogP contribution in [0.2, 0.25) is 0 Å². The molecule has 2 aromatic carbocycles. The molecular formula is C24H20FN5O5. The van der Waals surface area contributed by atoms with E-state index in [1.807, 2.05) is 0 Å². The number of aromatic amines is 1. The monoisotopic (exact) mass is 477 g/mol. The Morgan fingerprint density at radius 2 is 1.66 bits per heavy atom. The normalized spacial score (nSPS) is 13.8. The van der Waals surface area contributed by atoms with Crippen molar-refractivity contribution < 1.29 is 23.2 Å². The van der Waals surface area contributed by atoms with E-state index in [-0.39, 0.29) is 41.7 Å². The van der Waals surface area contributed by atoms with Gasteiger partial charge in [-0.3, -0.25) is 14.4 Å². The molecule has 10 nitrogen and oxygen atoms in total. The summed E-state index contributed by atoms with van der Waals surface area (Å²) in [5.41, 5.74) is -0.144. The number of rotatable bonds is 4. The SMILES string of the molecule is Cc1oncc1C(=O)N1CCN(C(=O)c2cc(Oc3n[nH]c(=O)c4ccccc34)ccc2F)CC1. The molecule has 35 heavy (non-hydrogen) atoms. The molecule has 3 heterocycles. The van der Waals surface area contributed by atoms with E-state index in [4.69, 9.17) is 9.26 Å². The molecule has 0 bridgehead atoms. The quantitative estimate of drug-likeness (QED) is 0.480. The van der Waals surface area contributed by atoms with Gasteiger partial charge in [0.15, 0.2) is 0 Å². The summed E-state index contributed by atoms with van der Waals surface area (Å²) in [5, 5.41) is 10.8. The molecule has 5 rings (SSSR count). The lowest BCUT2D eigenvalue weighted by Gasteiger charge is -2.34. The largest absolute Gasteiger partial charge is 0.437 e. The van der Waals surface area contributed by atoms with Crippen LogP contribution in [0.15, 0.2) is 58.0 Å². The van der Waals surface area contributed by atoms with Crippen LogP contribution < -0.4 is 10.3 Å². The van der Waals surface area contributed by atoms with Crippen molar-refractivity contribution in [1.29, 1.82) is 0 Å². The molecule has 0 atom stereocenters. The third-order valence-electron chi connectivity index (χ3n) is 5.88. The average molecular weight is 477 g/mol. The molecule has 2 amide bonds. The molecular weight excluding hydrogens is 457 g/mol. The van der Waals surface area contributed by atoms with Crippen LogP contribution in [0.4, 0.5) is 4.39 Å². The first-order valence-electron chi connectivity index (χ1n) is 10.9. The molecule has 11 heteroatoms. The summed E-state index contributed by atoms with van der Waals surface area (Å²) in [6.45, 7) is 2.72. The number of hydrogen-bond acceptors (Lipinski definition) is 7. The van der Waals surface area contributed by atoms with E-state index < -0.39 is 11.7 Å². The second-order valence-corrected chi connectivity index (χ2v) is 8.03. The van der Waals surface area contributed by atoms with Crippen LogP contribution >= 0.6 is 0 Å². The molecule has 1 aliphatic rings. The van der Waals surface area contributed by atoms with Crippen molar-refractivity contribution in [2.45, 2.75) is 6.92 Å². The van der Waals surface area contributed by atoms with Gasteiger partial charge in [-0.25, -0.2) is 9.49 Å².